The molecule has 6 heteroatoms. The van der Waals surface area contributed by atoms with Crippen molar-refractivity contribution in [1.82, 2.24) is 9.47 Å². The molecule has 2 aliphatic heterocycles. The van der Waals surface area contributed by atoms with E-state index in [0.717, 1.165) is 18.7 Å². The summed E-state index contributed by atoms with van der Waals surface area (Å²) in [4.78, 5) is 27.2. The third-order valence-electron chi connectivity index (χ3n) is 6.27. The predicted molar refractivity (Wildman–Crippen MR) is 98.7 cm³/mol. The van der Waals surface area contributed by atoms with E-state index in [4.69, 9.17) is 23.2 Å². The average Bonchev–Trinajstić information content (AvgIpc) is 3.07. The molecule has 1 amide bonds. The van der Waals surface area contributed by atoms with E-state index in [9.17, 15) is 9.59 Å². The Kier molecular flexibility index (Phi) is 4.04. The SMILES string of the molecule is CC1(C)C(C=C(Cl)Cl)C1C(=O)N1CC2C[C@@H](C1)Cn1c2cccc1=O. The van der Waals surface area contributed by atoms with Crippen LogP contribution in [0.25, 0.3) is 0 Å². The summed E-state index contributed by atoms with van der Waals surface area (Å²) in [6.07, 6.45) is 2.85. The lowest BCUT2D eigenvalue weighted by Crippen LogP contribution is -2.49. The standard InChI is InChI=1S/C19H22Cl2N2O2/c1-19(2)13(7-15(20)21)17(19)18(25)22-8-11-6-12(10-22)14-4-3-5-16(24)23(14)9-11/h3-5,7,11-13,17H,6,8-10H2,1-2H3/t11-,12?,13?,17?/m0/s1. The summed E-state index contributed by atoms with van der Waals surface area (Å²) in [5.74, 6) is 0.835. The fourth-order valence-electron chi connectivity index (χ4n) is 4.87. The fourth-order valence-corrected chi connectivity index (χ4v) is 5.14. The zero-order chi connectivity index (χ0) is 17.9. The third-order valence-corrected chi connectivity index (χ3v) is 6.53. The van der Waals surface area contributed by atoms with Gasteiger partial charge in [0.2, 0.25) is 5.91 Å². The van der Waals surface area contributed by atoms with E-state index in [1.165, 1.54) is 0 Å². The number of pyridine rings is 1. The van der Waals surface area contributed by atoms with Crippen LogP contribution in [-0.4, -0.2) is 28.5 Å². The molecule has 3 heterocycles. The molecule has 25 heavy (non-hydrogen) atoms. The van der Waals surface area contributed by atoms with Gasteiger partial charge < -0.3 is 9.47 Å². The van der Waals surface area contributed by atoms with Gasteiger partial charge in [-0.2, -0.15) is 0 Å². The van der Waals surface area contributed by atoms with Crippen molar-refractivity contribution < 1.29 is 4.79 Å². The van der Waals surface area contributed by atoms with Crippen molar-refractivity contribution in [1.29, 1.82) is 0 Å². The lowest BCUT2D eigenvalue weighted by Gasteiger charge is -2.43. The minimum absolute atomic E-state index is 0.0585. The number of rotatable bonds is 2. The molecule has 0 radical (unpaired) electrons. The quantitative estimate of drug-likeness (QED) is 0.788. The van der Waals surface area contributed by atoms with Crippen molar-refractivity contribution in [2.75, 3.05) is 13.1 Å². The maximum absolute atomic E-state index is 13.1. The highest BCUT2D eigenvalue weighted by Crippen LogP contribution is 2.60. The van der Waals surface area contributed by atoms with E-state index in [2.05, 4.69) is 13.8 Å². The van der Waals surface area contributed by atoms with Gasteiger partial charge in [0.1, 0.15) is 4.49 Å². The van der Waals surface area contributed by atoms with Gasteiger partial charge in [-0.1, -0.05) is 43.1 Å². The average molecular weight is 381 g/mol. The summed E-state index contributed by atoms with van der Waals surface area (Å²) < 4.78 is 2.12. The Hall–Kier alpha value is -1.26. The second-order valence-electron chi connectivity index (χ2n) is 8.22. The van der Waals surface area contributed by atoms with Crippen molar-refractivity contribution >= 4 is 29.1 Å². The maximum atomic E-state index is 13.1. The number of allylic oxidation sites excluding steroid dienone is 1. The first-order valence-electron chi connectivity index (χ1n) is 8.80. The van der Waals surface area contributed by atoms with E-state index in [0.29, 0.717) is 19.0 Å². The summed E-state index contributed by atoms with van der Waals surface area (Å²) in [7, 11) is 0. The van der Waals surface area contributed by atoms with Crippen LogP contribution in [0.4, 0.5) is 0 Å². The van der Waals surface area contributed by atoms with E-state index in [-0.39, 0.29) is 39.1 Å². The highest BCUT2D eigenvalue weighted by atomic mass is 35.5. The molecule has 1 saturated carbocycles. The van der Waals surface area contributed by atoms with Gasteiger partial charge in [0.05, 0.1) is 5.92 Å². The van der Waals surface area contributed by atoms with Crippen LogP contribution in [-0.2, 0) is 11.3 Å². The van der Waals surface area contributed by atoms with Crippen LogP contribution < -0.4 is 5.56 Å². The topological polar surface area (TPSA) is 42.3 Å². The molecule has 1 aliphatic carbocycles. The maximum Gasteiger partial charge on any atom is 0.250 e. The number of hydrogen-bond acceptors (Lipinski definition) is 2. The van der Waals surface area contributed by atoms with Gasteiger partial charge in [-0.05, 0) is 35.8 Å². The second kappa shape index (κ2) is 5.88. The number of fused-ring (bicyclic) bond motifs is 4. The van der Waals surface area contributed by atoms with Crippen LogP contribution in [0.3, 0.4) is 0 Å². The molecule has 3 unspecified atom stereocenters. The number of carbonyl (C=O) groups excluding carboxylic acids is 1. The van der Waals surface area contributed by atoms with Crippen LogP contribution in [0.2, 0.25) is 0 Å². The van der Waals surface area contributed by atoms with Crippen LogP contribution in [0.1, 0.15) is 31.9 Å². The largest absolute Gasteiger partial charge is 0.341 e. The minimum atomic E-state index is -0.104. The van der Waals surface area contributed by atoms with Crippen LogP contribution in [0.15, 0.2) is 33.6 Å². The monoisotopic (exact) mass is 380 g/mol. The normalized spacial score (nSPS) is 31.9. The Balaban J connectivity index is 1.56. The molecule has 1 aromatic rings. The van der Waals surface area contributed by atoms with Gasteiger partial charge in [0.15, 0.2) is 0 Å². The van der Waals surface area contributed by atoms with Crippen molar-refractivity contribution in [3.63, 3.8) is 0 Å². The second-order valence-corrected chi connectivity index (χ2v) is 9.23. The van der Waals surface area contributed by atoms with Gasteiger partial charge in [-0.25, -0.2) is 0 Å². The number of piperidine rings is 1. The Morgan fingerprint density at radius 2 is 2.00 bits per heavy atom. The van der Waals surface area contributed by atoms with Crippen LogP contribution in [0, 0.1) is 23.2 Å². The fraction of sp³-hybridized carbons (Fsp3) is 0.579. The molecule has 0 aromatic carbocycles. The Morgan fingerprint density at radius 3 is 2.72 bits per heavy atom. The molecule has 2 fully saturated rings. The van der Waals surface area contributed by atoms with E-state index >= 15 is 0 Å². The molecular weight excluding hydrogens is 359 g/mol. The van der Waals surface area contributed by atoms with Crippen molar-refractivity contribution in [3.8, 4) is 0 Å². The van der Waals surface area contributed by atoms with Gasteiger partial charge in [0.25, 0.3) is 5.56 Å². The predicted octanol–water partition coefficient (Wildman–Crippen LogP) is 3.39. The summed E-state index contributed by atoms with van der Waals surface area (Å²) >= 11 is 11.6. The number of halogens is 2. The molecule has 0 spiro atoms. The molecule has 1 aromatic heterocycles. The zero-order valence-corrected chi connectivity index (χ0v) is 15.9. The minimum Gasteiger partial charge on any atom is -0.341 e. The van der Waals surface area contributed by atoms with Crippen molar-refractivity contribution in [2.24, 2.45) is 23.2 Å². The summed E-state index contributed by atoms with van der Waals surface area (Å²) in [5.41, 5.74) is 1.03. The lowest BCUT2D eigenvalue weighted by molar-refractivity contribution is -0.136. The number of carbonyl (C=O) groups is 1. The highest BCUT2D eigenvalue weighted by Gasteiger charge is 2.61. The van der Waals surface area contributed by atoms with Crippen molar-refractivity contribution in [2.45, 2.75) is 32.7 Å². The van der Waals surface area contributed by atoms with Gasteiger partial charge >= 0.3 is 0 Å². The van der Waals surface area contributed by atoms with Crippen molar-refractivity contribution in [3.05, 3.63) is 44.8 Å². The third kappa shape index (κ3) is 2.83. The Labute approximate surface area is 157 Å². The van der Waals surface area contributed by atoms with Gasteiger partial charge in [-0.15, -0.1) is 0 Å². The summed E-state index contributed by atoms with van der Waals surface area (Å²) in [6.45, 7) is 6.31. The molecule has 2 bridgehead atoms. The molecule has 3 aliphatic rings. The molecular formula is C19H22Cl2N2O2. The summed E-state index contributed by atoms with van der Waals surface area (Å²) in [6, 6.07) is 5.46. The zero-order valence-electron chi connectivity index (χ0n) is 14.4. The number of hydrogen-bond donors (Lipinski definition) is 0. The summed E-state index contributed by atoms with van der Waals surface area (Å²) in [5, 5.41) is 0. The molecule has 4 rings (SSSR count). The number of amides is 1. The number of nitrogens with zero attached hydrogens (tertiary/aromatic N) is 2. The van der Waals surface area contributed by atoms with E-state index < -0.39 is 0 Å². The number of likely N-dealkylation sites (tertiary alicyclic amines) is 1. The first-order chi connectivity index (χ1) is 11.8. The van der Waals surface area contributed by atoms with E-state index in [1.807, 2.05) is 21.6 Å². The first kappa shape index (κ1) is 17.2. The van der Waals surface area contributed by atoms with Crippen LogP contribution >= 0.6 is 23.2 Å². The molecule has 4 atom stereocenters. The highest BCUT2D eigenvalue weighted by molar-refractivity contribution is 6.55. The Bertz CT molecular complexity index is 810. The van der Waals surface area contributed by atoms with Gasteiger partial charge in [-0.3, -0.25) is 9.59 Å². The molecule has 1 saturated heterocycles. The molecule has 0 N–H and O–H groups in total. The Morgan fingerprint density at radius 1 is 1.24 bits per heavy atom. The number of aromatic nitrogens is 1. The van der Waals surface area contributed by atoms with Gasteiger partial charge in [0, 0.05) is 37.3 Å². The molecule has 4 nitrogen and oxygen atoms in total. The first-order valence-corrected chi connectivity index (χ1v) is 9.56. The lowest BCUT2D eigenvalue weighted by atomic mass is 9.83. The smallest absolute Gasteiger partial charge is 0.250 e. The molecule has 134 valence electrons. The van der Waals surface area contributed by atoms with Crippen LogP contribution in [0.5, 0.6) is 0 Å². The van der Waals surface area contributed by atoms with E-state index in [1.54, 1.807) is 12.1 Å².